The number of phenols is 1. The summed E-state index contributed by atoms with van der Waals surface area (Å²) in [6, 6.07) is 8.81. The van der Waals surface area contributed by atoms with Crippen molar-refractivity contribution in [2.24, 2.45) is 0 Å². The third-order valence-corrected chi connectivity index (χ3v) is 3.30. The summed E-state index contributed by atoms with van der Waals surface area (Å²) in [5, 5.41) is 20.3. The van der Waals surface area contributed by atoms with Crippen LogP contribution in [0.4, 0.5) is 5.69 Å². The molecule has 0 saturated carbocycles. The quantitative estimate of drug-likeness (QED) is 0.615. The number of halogens is 2. The van der Waals surface area contributed by atoms with Gasteiger partial charge in [0, 0.05) is 16.6 Å². The highest BCUT2D eigenvalue weighted by molar-refractivity contribution is 9.11. The molecule has 0 aliphatic rings. The van der Waals surface area contributed by atoms with Crippen molar-refractivity contribution in [2.75, 3.05) is 0 Å². The maximum absolute atomic E-state index is 10.5. The second kappa shape index (κ2) is 5.58. The fraction of sp³-hybridized carbons (Fsp3) is 0. The van der Waals surface area contributed by atoms with Crippen molar-refractivity contribution in [1.82, 2.24) is 0 Å². The molecule has 0 saturated heterocycles. The molecule has 2 aromatic rings. The van der Waals surface area contributed by atoms with Crippen molar-refractivity contribution in [1.29, 1.82) is 0 Å². The Bertz CT molecular complexity index is 605. The minimum Gasteiger partial charge on any atom is -0.504 e. The second-order valence-electron chi connectivity index (χ2n) is 3.59. The van der Waals surface area contributed by atoms with E-state index in [-0.39, 0.29) is 17.2 Å². The van der Waals surface area contributed by atoms with E-state index in [1.807, 2.05) is 0 Å². The van der Waals surface area contributed by atoms with Crippen LogP contribution < -0.4 is 4.74 Å². The van der Waals surface area contributed by atoms with Crippen LogP contribution in [0.15, 0.2) is 45.3 Å². The molecule has 0 heterocycles. The molecule has 0 aliphatic heterocycles. The summed E-state index contributed by atoms with van der Waals surface area (Å²) in [5.41, 5.74) is -0.0218. The van der Waals surface area contributed by atoms with Crippen LogP contribution in [0.2, 0.25) is 0 Å². The first-order valence-corrected chi connectivity index (χ1v) is 6.66. The fourth-order valence-corrected chi connectivity index (χ4v) is 2.69. The third kappa shape index (κ3) is 3.24. The van der Waals surface area contributed by atoms with E-state index in [1.54, 1.807) is 6.07 Å². The number of ether oxygens (including phenoxy) is 1. The number of phenolic OH excluding ortho intramolecular Hbond substituents is 1. The Kier molecular flexibility index (Phi) is 4.06. The van der Waals surface area contributed by atoms with E-state index in [4.69, 9.17) is 4.74 Å². The molecule has 98 valence electrons. The van der Waals surface area contributed by atoms with Crippen molar-refractivity contribution in [3.05, 3.63) is 55.5 Å². The Morgan fingerprint density at radius 1 is 1.16 bits per heavy atom. The molecule has 7 heteroatoms. The molecule has 0 bridgehead atoms. The van der Waals surface area contributed by atoms with Crippen LogP contribution in [-0.4, -0.2) is 10.0 Å². The van der Waals surface area contributed by atoms with E-state index < -0.39 is 4.92 Å². The highest BCUT2D eigenvalue weighted by atomic mass is 79.9. The summed E-state index contributed by atoms with van der Waals surface area (Å²) in [5.74, 6) is 0.598. The molecule has 0 atom stereocenters. The van der Waals surface area contributed by atoms with Crippen LogP contribution >= 0.6 is 31.9 Å². The lowest BCUT2D eigenvalue weighted by Crippen LogP contribution is -1.89. The Morgan fingerprint density at radius 2 is 1.79 bits per heavy atom. The van der Waals surface area contributed by atoms with Gasteiger partial charge in [0.2, 0.25) is 0 Å². The van der Waals surface area contributed by atoms with Crippen molar-refractivity contribution >= 4 is 37.5 Å². The minimum absolute atomic E-state index is 0.0218. The molecule has 0 spiro atoms. The maximum Gasteiger partial charge on any atom is 0.269 e. The maximum atomic E-state index is 10.5. The molecule has 0 radical (unpaired) electrons. The molecule has 19 heavy (non-hydrogen) atoms. The molecule has 0 aromatic heterocycles. The highest BCUT2D eigenvalue weighted by Gasteiger charge is 2.11. The molecule has 0 unspecified atom stereocenters. The van der Waals surface area contributed by atoms with Crippen LogP contribution in [0.3, 0.4) is 0 Å². The first-order valence-electron chi connectivity index (χ1n) is 5.07. The number of non-ortho nitro benzene ring substituents is 1. The van der Waals surface area contributed by atoms with Crippen molar-refractivity contribution < 1.29 is 14.8 Å². The van der Waals surface area contributed by atoms with Crippen LogP contribution in [0.1, 0.15) is 0 Å². The number of nitro benzene ring substituents is 1. The predicted octanol–water partition coefficient (Wildman–Crippen LogP) is 4.62. The standard InChI is InChI=1S/C12H7Br2NO4/c13-7-5-10(14)12(11(16)6-7)19-9-3-1-8(2-4-9)15(17)18/h1-6,16H. The third-order valence-electron chi connectivity index (χ3n) is 2.26. The van der Waals surface area contributed by atoms with Gasteiger partial charge < -0.3 is 9.84 Å². The number of rotatable bonds is 3. The Labute approximate surface area is 125 Å². The van der Waals surface area contributed by atoms with Gasteiger partial charge in [0.1, 0.15) is 5.75 Å². The lowest BCUT2D eigenvalue weighted by Gasteiger charge is -2.10. The van der Waals surface area contributed by atoms with Gasteiger partial charge in [-0.25, -0.2) is 0 Å². The van der Waals surface area contributed by atoms with Gasteiger partial charge in [0.25, 0.3) is 5.69 Å². The number of hydrogen-bond acceptors (Lipinski definition) is 4. The average molecular weight is 389 g/mol. The predicted molar refractivity (Wildman–Crippen MR) is 76.7 cm³/mol. The first kappa shape index (κ1) is 13.8. The summed E-state index contributed by atoms with van der Waals surface area (Å²) >= 11 is 6.51. The summed E-state index contributed by atoms with van der Waals surface area (Å²) in [6.45, 7) is 0. The van der Waals surface area contributed by atoms with E-state index in [9.17, 15) is 15.2 Å². The van der Waals surface area contributed by atoms with Crippen LogP contribution in [0, 0.1) is 10.1 Å². The number of benzene rings is 2. The minimum atomic E-state index is -0.489. The molecular weight excluding hydrogens is 382 g/mol. The molecule has 0 fully saturated rings. The summed E-state index contributed by atoms with van der Waals surface area (Å²) in [4.78, 5) is 10.0. The van der Waals surface area contributed by atoms with Gasteiger partial charge in [-0.3, -0.25) is 10.1 Å². The molecular formula is C12H7Br2NO4. The molecule has 0 amide bonds. The van der Waals surface area contributed by atoms with Gasteiger partial charge >= 0.3 is 0 Å². The number of nitro groups is 1. The van der Waals surface area contributed by atoms with E-state index in [1.165, 1.54) is 30.3 Å². The van der Waals surface area contributed by atoms with Crippen molar-refractivity contribution in [2.45, 2.75) is 0 Å². The molecule has 2 aromatic carbocycles. The second-order valence-corrected chi connectivity index (χ2v) is 5.36. The Hall–Kier alpha value is -1.60. The number of hydrogen-bond donors (Lipinski definition) is 1. The largest absolute Gasteiger partial charge is 0.504 e. The lowest BCUT2D eigenvalue weighted by atomic mass is 10.3. The number of aromatic hydroxyl groups is 1. The van der Waals surface area contributed by atoms with Gasteiger partial charge in [-0.05, 0) is 40.2 Å². The van der Waals surface area contributed by atoms with Crippen molar-refractivity contribution in [3.63, 3.8) is 0 Å². The molecule has 1 N–H and O–H groups in total. The van der Waals surface area contributed by atoms with Gasteiger partial charge in [0.15, 0.2) is 11.5 Å². The van der Waals surface area contributed by atoms with Gasteiger partial charge in [-0.15, -0.1) is 0 Å². The molecule has 5 nitrogen and oxygen atoms in total. The summed E-state index contributed by atoms with van der Waals surface area (Å²) in [7, 11) is 0. The molecule has 0 aliphatic carbocycles. The van der Waals surface area contributed by atoms with E-state index >= 15 is 0 Å². The van der Waals surface area contributed by atoms with E-state index in [0.29, 0.717) is 14.7 Å². The fourth-order valence-electron chi connectivity index (χ4n) is 1.40. The number of nitrogens with zero attached hydrogens (tertiary/aromatic N) is 1. The van der Waals surface area contributed by atoms with Crippen LogP contribution in [0.25, 0.3) is 0 Å². The Morgan fingerprint density at radius 3 is 2.32 bits per heavy atom. The van der Waals surface area contributed by atoms with E-state index in [2.05, 4.69) is 31.9 Å². The molecule has 2 rings (SSSR count). The zero-order valence-corrected chi connectivity index (χ0v) is 12.5. The van der Waals surface area contributed by atoms with Crippen molar-refractivity contribution in [3.8, 4) is 17.2 Å². The highest BCUT2D eigenvalue weighted by Crippen LogP contribution is 2.40. The van der Waals surface area contributed by atoms with E-state index in [0.717, 1.165) is 0 Å². The monoisotopic (exact) mass is 387 g/mol. The lowest BCUT2D eigenvalue weighted by molar-refractivity contribution is -0.384. The normalized spacial score (nSPS) is 10.2. The van der Waals surface area contributed by atoms with Gasteiger partial charge in [-0.1, -0.05) is 15.9 Å². The topological polar surface area (TPSA) is 72.6 Å². The van der Waals surface area contributed by atoms with Crippen LogP contribution in [-0.2, 0) is 0 Å². The van der Waals surface area contributed by atoms with Gasteiger partial charge in [-0.2, -0.15) is 0 Å². The smallest absolute Gasteiger partial charge is 0.269 e. The zero-order valence-electron chi connectivity index (χ0n) is 9.34. The first-order chi connectivity index (χ1) is 8.97. The Balaban J connectivity index is 2.29. The van der Waals surface area contributed by atoms with Crippen LogP contribution in [0.5, 0.6) is 17.2 Å². The summed E-state index contributed by atoms with van der Waals surface area (Å²) in [6.07, 6.45) is 0. The zero-order chi connectivity index (χ0) is 14.0. The van der Waals surface area contributed by atoms with Gasteiger partial charge in [0.05, 0.1) is 9.40 Å². The SMILES string of the molecule is O=[N+]([O-])c1ccc(Oc2c(O)cc(Br)cc2Br)cc1. The average Bonchev–Trinajstić information content (AvgIpc) is 2.34. The summed E-state index contributed by atoms with van der Waals surface area (Å²) < 4.78 is 6.76.